The topological polar surface area (TPSA) is 265 Å². The molecule has 0 radical (unpaired) electrons. The first-order chi connectivity index (χ1) is 17.8. The zero-order chi connectivity index (χ0) is 29.6. The molecule has 1 aromatic rings. The zero-order valence-electron chi connectivity index (χ0n) is 20.8. The van der Waals surface area contributed by atoms with Gasteiger partial charge in [-0.2, -0.15) is 13.6 Å². The number of nitrogens with zero attached hydrogens (tertiary/aromatic N) is 2. The Bertz CT molecular complexity index is 1270. The number of ether oxygens (including phenoxy) is 2. The fourth-order valence-electron chi connectivity index (χ4n) is 2.91. The molecule has 22 heteroatoms. The fourth-order valence-corrected chi connectivity index (χ4v) is 7.95. The lowest BCUT2D eigenvalue weighted by atomic mass is 10.2. The summed E-state index contributed by atoms with van der Waals surface area (Å²) in [7, 11) is -13.8. The summed E-state index contributed by atoms with van der Waals surface area (Å²) >= 11 is 0. The van der Waals surface area contributed by atoms with Crippen LogP contribution in [0.2, 0.25) is 0 Å². The smallest absolute Gasteiger partial charge is 0.382 e. The van der Waals surface area contributed by atoms with Crippen LogP contribution in [0.1, 0.15) is 39.0 Å². The van der Waals surface area contributed by atoms with Gasteiger partial charge in [0.1, 0.15) is 24.1 Å². The number of phosphoric acid groups is 3. The Hall–Kier alpha value is -0.770. The third-order valence-corrected chi connectivity index (χ3v) is 11.0. The van der Waals surface area contributed by atoms with Gasteiger partial charge in [-0.15, -0.1) is 0 Å². The molecule has 0 saturated carbocycles. The molecule has 1 fully saturated rings. The number of hydrogen-bond acceptors (Lipinski definition) is 14. The van der Waals surface area contributed by atoms with Gasteiger partial charge in [0.15, 0.2) is 0 Å². The van der Waals surface area contributed by atoms with E-state index in [0.717, 1.165) is 4.57 Å². The van der Waals surface area contributed by atoms with Crippen molar-refractivity contribution < 1.29 is 55.9 Å². The molecule has 39 heavy (non-hydrogen) atoms. The van der Waals surface area contributed by atoms with Gasteiger partial charge in [0.05, 0.1) is 24.8 Å². The molecule has 1 aliphatic heterocycles. The molecule has 222 valence electrons. The van der Waals surface area contributed by atoms with Gasteiger partial charge in [0.2, 0.25) is 0 Å². The van der Waals surface area contributed by atoms with Gasteiger partial charge in [-0.05, 0) is 0 Å². The minimum absolute atomic E-state index is 0.0291. The minimum Gasteiger partial charge on any atom is -0.382 e. The van der Waals surface area contributed by atoms with Gasteiger partial charge >= 0.3 is 29.2 Å². The fraction of sp³-hybridized carbons (Fsp3) is 0.647. The van der Waals surface area contributed by atoms with E-state index >= 15 is 0 Å². The molecule has 1 aromatic heterocycles. The molecular formula is C17H29N4O13P3S2. The predicted octanol–water partition coefficient (Wildman–Crippen LogP) is 1.29. The highest BCUT2D eigenvalue weighted by Gasteiger charge is 2.43. The third-order valence-electron chi connectivity index (χ3n) is 4.25. The molecule has 1 saturated heterocycles. The summed E-state index contributed by atoms with van der Waals surface area (Å²) in [6.45, 7) is 5.25. The maximum atomic E-state index is 12.5. The van der Waals surface area contributed by atoms with E-state index in [-0.39, 0.29) is 35.0 Å². The lowest BCUT2D eigenvalue weighted by Gasteiger charge is -2.22. The first-order valence-electron chi connectivity index (χ1n) is 10.7. The predicted molar refractivity (Wildman–Crippen MR) is 142 cm³/mol. The van der Waals surface area contributed by atoms with E-state index in [1.165, 1.54) is 27.8 Å². The van der Waals surface area contributed by atoms with Gasteiger partial charge < -0.3 is 40.5 Å². The van der Waals surface area contributed by atoms with Crippen LogP contribution in [0.15, 0.2) is 11.0 Å². The number of rotatable bonds is 12. The second-order valence-corrected chi connectivity index (χ2v) is 16.1. The maximum Gasteiger partial charge on any atom is 0.490 e. The molecule has 2 rings (SSSR count). The summed E-state index contributed by atoms with van der Waals surface area (Å²) in [6.07, 6.45) is -1.60. The van der Waals surface area contributed by atoms with Crippen LogP contribution in [0.25, 0.3) is 0 Å². The van der Waals surface area contributed by atoms with E-state index in [1.807, 2.05) is 20.8 Å². The first kappa shape index (κ1) is 34.4. The molecule has 0 spiro atoms. The number of nitrogens with two attached hydrogens (primary N) is 2. The van der Waals surface area contributed by atoms with Gasteiger partial charge in [0.25, 0.3) is 0 Å². The summed E-state index contributed by atoms with van der Waals surface area (Å²) in [6, 6.07) is 0. The lowest BCUT2D eigenvalue weighted by Crippen LogP contribution is -2.29. The van der Waals surface area contributed by atoms with Crippen molar-refractivity contribution in [2.75, 3.05) is 24.8 Å². The summed E-state index contributed by atoms with van der Waals surface area (Å²) in [4.78, 5) is 52.7. The van der Waals surface area contributed by atoms with Crippen LogP contribution < -0.4 is 17.2 Å². The summed E-state index contributed by atoms with van der Waals surface area (Å²) in [5.74, 6) is 5.30. The van der Waals surface area contributed by atoms with Crippen molar-refractivity contribution in [1.29, 1.82) is 0 Å². The molecular weight excluding hydrogens is 625 g/mol. The number of aromatic nitrogens is 2. The summed E-state index contributed by atoms with van der Waals surface area (Å²) in [5.41, 5.74) is 10.6. The Morgan fingerprint density at radius 2 is 1.87 bits per heavy atom. The van der Waals surface area contributed by atoms with Crippen LogP contribution in [0.4, 0.5) is 5.82 Å². The standard InChI is InChI=1S/C17H29N4O13P3S2/c1-17(2,3)39-38-10-30-12-7-14(21-8-11(5-4-6-18)15(19)20-16(21)22)32-13(12)9-31-36(26,27)34-37(28,29)33-35(23,24)25/h8,12-14H,6-7,9-10,18H2,1-3H3,(H,26,27)(H,28,29)(H2,19,20,22)(H2,23,24,25)/t12?,13-,14-/m1/s1. The van der Waals surface area contributed by atoms with E-state index in [0.29, 0.717) is 0 Å². The van der Waals surface area contributed by atoms with Crippen LogP contribution >= 0.6 is 45.1 Å². The van der Waals surface area contributed by atoms with E-state index in [4.69, 9.17) is 35.3 Å². The molecule has 8 N–H and O–H groups in total. The van der Waals surface area contributed by atoms with E-state index in [1.54, 1.807) is 0 Å². The molecule has 0 aromatic carbocycles. The van der Waals surface area contributed by atoms with Crippen molar-refractivity contribution in [3.05, 3.63) is 22.2 Å². The minimum atomic E-state index is -5.70. The third kappa shape index (κ3) is 12.3. The van der Waals surface area contributed by atoms with Crippen LogP contribution in [-0.4, -0.2) is 65.2 Å². The van der Waals surface area contributed by atoms with Crippen LogP contribution in [0.3, 0.4) is 0 Å². The highest BCUT2D eigenvalue weighted by molar-refractivity contribution is 8.77. The Balaban J connectivity index is 2.21. The number of phosphoric ester groups is 1. The Morgan fingerprint density at radius 3 is 2.46 bits per heavy atom. The molecule has 17 nitrogen and oxygen atoms in total. The number of anilines is 1. The quantitative estimate of drug-likeness (QED) is 0.0609. The van der Waals surface area contributed by atoms with Gasteiger partial charge in [-0.25, -0.2) is 18.5 Å². The molecule has 2 heterocycles. The van der Waals surface area contributed by atoms with E-state index < -0.39 is 54.2 Å². The largest absolute Gasteiger partial charge is 0.490 e. The van der Waals surface area contributed by atoms with Crippen molar-refractivity contribution in [2.45, 2.75) is 50.4 Å². The molecule has 1 aliphatic rings. The second-order valence-electron chi connectivity index (χ2n) is 8.62. The normalized spacial score (nSPS) is 23.0. The molecule has 0 aliphatic carbocycles. The highest BCUT2D eigenvalue weighted by Crippen LogP contribution is 2.66. The Labute approximate surface area is 231 Å². The van der Waals surface area contributed by atoms with Gasteiger partial charge in [0, 0.05) is 17.4 Å². The van der Waals surface area contributed by atoms with E-state index in [2.05, 4.69) is 25.4 Å². The van der Waals surface area contributed by atoms with Crippen molar-refractivity contribution in [2.24, 2.45) is 5.73 Å². The molecule has 0 bridgehead atoms. The lowest BCUT2D eigenvalue weighted by molar-refractivity contribution is -0.0543. The second kappa shape index (κ2) is 13.9. The summed E-state index contributed by atoms with van der Waals surface area (Å²) in [5, 5.41) is 0. The van der Waals surface area contributed by atoms with Crippen molar-refractivity contribution in [1.82, 2.24) is 9.55 Å². The van der Waals surface area contributed by atoms with Crippen molar-refractivity contribution >= 4 is 50.9 Å². The van der Waals surface area contributed by atoms with Crippen molar-refractivity contribution in [3.63, 3.8) is 0 Å². The average molecular weight is 654 g/mol. The van der Waals surface area contributed by atoms with Gasteiger partial charge in [-0.1, -0.05) is 54.2 Å². The van der Waals surface area contributed by atoms with Crippen LogP contribution in [0.5, 0.6) is 0 Å². The number of nitrogen functional groups attached to an aromatic ring is 1. The average Bonchev–Trinajstić information content (AvgIpc) is 3.14. The van der Waals surface area contributed by atoms with E-state index in [9.17, 15) is 28.3 Å². The number of hydrogen-bond donors (Lipinski definition) is 6. The van der Waals surface area contributed by atoms with Crippen LogP contribution in [0, 0.1) is 11.8 Å². The SMILES string of the molecule is CC(C)(C)SSCOC1C[C@H](n2cc(C#CCN)c(N)nc2=O)O[C@@H]1COP(=O)(O)OP(=O)(O)OP(=O)(O)O. The highest BCUT2D eigenvalue weighted by atomic mass is 33.1. The molecule has 3 unspecified atom stereocenters. The zero-order valence-corrected chi connectivity index (χ0v) is 25.1. The van der Waals surface area contributed by atoms with Crippen LogP contribution in [-0.2, 0) is 36.3 Å². The summed E-state index contributed by atoms with van der Waals surface area (Å²) < 4.78 is 59.4. The van der Waals surface area contributed by atoms with Gasteiger partial charge in [-0.3, -0.25) is 9.09 Å². The molecule has 0 amide bonds. The Morgan fingerprint density at radius 1 is 1.21 bits per heavy atom. The molecule has 5 atom stereocenters. The van der Waals surface area contributed by atoms with Crippen molar-refractivity contribution in [3.8, 4) is 11.8 Å². The maximum absolute atomic E-state index is 12.5. The Kier molecular flexibility index (Phi) is 12.3. The monoisotopic (exact) mass is 654 g/mol. The first-order valence-corrected chi connectivity index (χ1v) is 17.6.